The Morgan fingerprint density at radius 1 is 0.850 bits per heavy atom. The first-order chi connectivity index (χ1) is 19.3. The predicted molar refractivity (Wildman–Crippen MR) is 163 cm³/mol. The third kappa shape index (κ3) is 6.73. The number of carbonyl (C=O) groups is 1. The molecular weight excluding hydrogens is 540 g/mol. The van der Waals surface area contributed by atoms with Gasteiger partial charge in [0.05, 0.1) is 5.75 Å². The molecule has 202 valence electrons. The maximum atomic E-state index is 12.8. The third-order valence-corrected chi connectivity index (χ3v) is 7.36. The van der Waals surface area contributed by atoms with E-state index in [-0.39, 0.29) is 17.1 Å². The van der Waals surface area contributed by atoms with Crippen LogP contribution in [-0.2, 0) is 10.2 Å². The van der Waals surface area contributed by atoms with E-state index in [9.17, 15) is 4.79 Å². The van der Waals surface area contributed by atoms with Crippen LogP contribution in [0.3, 0.4) is 0 Å². The molecule has 1 amide bonds. The number of rotatable bonds is 8. The van der Waals surface area contributed by atoms with Crippen molar-refractivity contribution in [3.8, 4) is 28.6 Å². The fourth-order valence-electron chi connectivity index (χ4n) is 4.05. The summed E-state index contributed by atoms with van der Waals surface area (Å²) in [6.07, 6.45) is 0. The minimum absolute atomic E-state index is 0.0476. The number of halogens is 1. The number of para-hydroxylation sites is 1. The molecule has 0 fully saturated rings. The smallest absolute Gasteiger partial charge is 0.234 e. The minimum atomic E-state index is -0.150. The zero-order chi connectivity index (χ0) is 28.1. The summed E-state index contributed by atoms with van der Waals surface area (Å²) in [6, 6.07) is 32.7. The largest absolute Gasteiger partial charge is 0.457 e. The maximum absolute atomic E-state index is 12.8. The van der Waals surface area contributed by atoms with Crippen molar-refractivity contribution in [2.75, 3.05) is 11.1 Å². The summed E-state index contributed by atoms with van der Waals surface area (Å²) >= 11 is 7.47. The number of ether oxygens (including phenoxy) is 1. The Morgan fingerprint density at radius 3 is 2.15 bits per heavy atom. The SMILES string of the molecule is CC(C)(C)c1ccc(-c2nnc(SCC(=O)Nc3ccc(Oc4ccccc4)cc3)n2-c2ccc(Cl)cc2)cc1. The van der Waals surface area contributed by atoms with Crippen molar-refractivity contribution in [3.63, 3.8) is 0 Å². The number of benzene rings is 4. The lowest BCUT2D eigenvalue weighted by molar-refractivity contribution is -0.113. The molecule has 6 nitrogen and oxygen atoms in total. The van der Waals surface area contributed by atoms with Gasteiger partial charge in [-0.05, 0) is 71.6 Å². The molecule has 0 radical (unpaired) electrons. The Kier molecular flexibility index (Phi) is 8.24. The van der Waals surface area contributed by atoms with Gasteiger partial charge < -0.3 is 10.1 Å². The molecule has 8 heteroatoms. The van der Waals surface area contributed by atoms with Crippen molar-refractivity contribution in [2.45, 2.75) is 31.3 Å². The van der Waals surface area contributed by atoms with Gasteiger partial charge in [-0.15, -0.1) is 10.2 Å². The molecule has 5 aromatic rings. The summed E-state index contributed by atoms with van der Waals surface area (Å²) in [5, 5.41) is 13.1. The first kappa shape index (κ1) is 27.5. The summed E-state index contributed by atoms with van der Waals surface area (Å²) in [6.45, 7) is 6.56. The lowest BCUT2D eigenvalue weighted by Gasteiger charge is -2.19. The Hall–Kier alpha value is -4.07. The Balaban J connectivity index is 1.30. The van der Waals surface area contributed by atoms with Crippen LogP contribution in [0.15, 0.2) is 108 Å². The van der Waals surface area contributed by atoms with E-state index in [4.69, 9.17) is 16.3 Å². The molecule has 0 aliphatic heterocycles. The molecule has 0 saturated heterocycles. The second-order valence-electron chi connectivity index (χ2n) is 10.2. The topological polar surface area (TPSA) is 69.0 Å². The number of nitrogens with zero attached hydrogens (tertiary/aromatic N) is 3. The molecule has 0 atom stereocenters. The molecule has 0 aliphatic rings. The average molecular weight is 569 g/mol. The van der Waals surface area contributed by atoms with Crippen LogP contribution in [0.4, 0.5) is 5.69 Å². The third-order valence-electron chi connectivity index (χ3n) is 6.18. The molecule has 0 spiro atoms. The summed E-state index contributed by atoms with van der Waals surface area (Å²) in [4.78, 5) is 12.8. The van der Waals surface area contributed by atoms with Crippen LogP contribution < -0.4 is 10.1 Å². The van der Waals surface area contributed by atoms with E-state index in [0.29, 0.717) is 27.4 Å². The number of amides is 1. The summed E-state index contributed by atoms with van der Waals surface area (Å²) in [7, 11) is 0. The van der Waals surface area contributed by atoms with Crippen molar-refractivity contribution in [2.24, 2.45) is 0 Å². The van der Waals surface area contributed by atoms with Gasteiger partial charge in [-0.3, -0.25) is 9.36 Å². The van der Waals surface area contributed by atoms with Crippen LogP contribution in [0.25, 0.3) is 17.1 Å². The van der Waals surface area contributed by atoms with Gasteiger partial charge in [-0.2, -0.15) is 0 Å². The predicted octanol–water partition coefficient (Wildman–Crippen LogP) is 8.41. The number of carbonyl (C=O) groups excluding carboxylic acids is 1. The van der Waals surface area contributed by atoms with Gasteiger partial charge in [0.1, 0.15) is 11.5 Å². The highest BCUT2D eigenvalue weighted by Gasteiger charge is 2.19. The molecule has 4 aromatic carbocycles. The van der Waals surface area contributed by atoms with Crippen molar-refractivity contribution >= 4 is 35.0 Å². The molecule has 0 unspecified atom stereocenters. The van der Waals surface area contributed by atoms with Crippen molar-refractivity contribution in [1.82, 2.24) is 14.8 Å². The zero-order valence-electron chi connectivity index (χ0n) is 22.5. The van der Waals surface area contributed by atoms with E-state index in [1.807, 2.05) is 83.4 Å². The lowest BCUT2D eigenvalue weighted by atomic mass is 9.87. The van der Waals surface area contributed by atoms with E-state index in [0.717, 1.165) is 17.0 Å². The number of hydrogen-bond acceptors (Lipinski definition) is 5. The molecule has 1 N–H and O–H groups in total. The highest BCUT2D eigenvalue weighted by Crippen LogP contribution is 2.31. The van der Waals surface area contributed by atoms with E-state index >= 15 is 0 Å². The van der Waals surface area contributed by atoms with Crippen LogP contribution in [0.1, 0.15) is 26.3 Å². The fourth-order valence-corrected chi connectivity index (χ4v) is 4.93. The lowest BCUT2D eigenvalue weighted by Crippen LogP contribution is -2.14. The van der Waals surface area contributed by atoms with E-state index in [2.05, 4.69) is 60.6 Å². The van der Waals surface area contributed by atoms with Crippen molar-refractivity contribution in [3.05, 3.63) is 114 Å². The van der Waals surface area contributed by atoms with Gasteiger partial charge in [0.25, 0.3) is 0 Å². The molecule has 0 aliphatic carbocycles. The first-order valence-corrected chi connectivity index (χ1v) is 14.2. The monoisotopic (exact) mass is 568 g/mol. The van der Waals surface area contributed by atoms with E-state index in [1.54, 1.807) is 0 Å². The molecule has 0 bridgehead atoms. The summed E-state index contributed by atoms with van der Waals surface area (Å²) < 4.78 is 7.78. The van der Waals surface area contributed by atoms with E-state index in [1.165, 1.54) is 17.3 Å². The average Bonchev–Trinajstić information content (AvgIpc) is 3.37. The summed E-state index contributed by atoms with van der Waals surface area (Å²) in [5.74, 6) is 2.16. The number of nitrogens with one attached hydrogen (secondary N) is 1. The quantitative estimate of drug-likeness (QED) is 0.190. The number of thioether (sulfide) groups is 1. The molecule has 1 heterocycles. The van der Waals surface area contributed by atoms with Crippen LogP contribution in [0.5, 0.6) is 11.5 Å². The Morgan fingerprint density at radius 2 is 1.50 bits per heavy atom. The van der Waals surface area contributed by atoms with Gasteiger partial charge in [0.15, 0.2) is 11.0 Å². The molecule has 0 saturated carbocycles. The number of anilines is 1. The van der Waals surface area contributed by atoms with Gasteiger partial charge in [0, 0.05) is 22.0 Å². The minimum Gasteiger partial charge on any atom is -0.457 e. The molecular formula is C32H29ClN4O2S. The molecule has 5 rings (SSSR count). The first-order valence-electron chi connectivity index (χ1n) is 12.8. The van der Waals surface area contributed by atoms with Crippen molar-refractivity contribution in [1.29, 1.82) is 0 Å². The second-order valence-corrected chi connectivity index (χ2v) is 11.6. The van der Waals surface area contributed by atoms with Crippen LogP contribution in [0.2, 0.25) is 5.02 Å². The molecule has 1 aromatic heterocycles. The summed E-state index contributed by atoms with van der Waals surface area (Å²) in [5.41, 5.74) is 3.77. The highest BCUT2D eigenvalue weighted by molar-refractivity contribution is 7.99. The van der Waals surface area contributed by atoms with Gasteiger partial charge in [-0.25, -0.2) is 0 Å². The van der Waals surface area contributed by atoms with Crippen LogP contribution in [0, 0.1) is 0 Å². The molecule has 40 heavy (non-hydrogen) atoms. The Bertz CT molecular complexity index is 1580. The van der Waals surface area contributed by atoms with Crippen LogP contribution in [-0.4, -0.2) is 26.4 Å². The second kappa shape index (κ2) is 12.0. The van der Waals surface area contributed by atoms with E-state index < -0.39 is 0 Å². The van der Waals surface area contributed by atoms with Crippen molar-refractivity contribution < 1.29 is 9.53 Å². The normalized spacial score (nSPS) is 11.3. The van der Waals surface area contributed by atoms with Gasteiger partial charge >= 0.3 is 0 Å². The fraction of sp³-hybridized carbons (Fsp3) is 0.156. The van der Waals surface area contributed by atoms with Gasteiger partial charge in [-0.1, -0.05) is 86.6 Å². The van der Waals surface area contributed by atoms with Crippen LogP contribution >= 0.6 is 23.4 Å². The number of aromatic nitrogens is 3. The number of hydrogen-bond donors (Lipinski definition) is 1. The highest BCUT2D eigenvalue weighted by atomic mass is 35.5. The Labute approximate surface area is 243 Å². The van der Waals surface area contributed by atoms with Gasteiger partial charge in [0.2, 0.25) is 5.91 Å². The zero-order valence-corrected chi connectivity index (χ0v) is 24.0. The standard InChI is InChI=1S/C32H29ClN4O2S/c1-32(2,3)23-11-9-22(10-12-23)30-35-36-31(37(30)26-17-13-24(33)14-18-26)40-21-29(38)34-25-15-19-28(20-16-25)39-27-7-5-4-6-8-27/h4-20H,21H2,1-3H3,(H,34,38). The maximum Gasteiger partial charge on any atom is 0.234 e.